The van der Waals surface area contributed by atoms with Gasteiger partial charge in [-0.25, -0.2) is 0 Å². The molecule has 0 aliphatic rings. The number of ether oxygens (including phenoxy) is 1. The zero-order valence-electron chi connectivity index (χ0n) is 14.5. The van der Waals surface area contributed by atoms with Crippen molar-refractivity contribution in [1.29, 1.82) is 0 Å². The zero-order valence-corrected chi connectivity index (χ0v) is 15.4. The van der Waals surface area contributed by atoms with Crippen molar-refractivity contribution < 1.29 is 27.5 Å². The third-order valence-electron chi connectivity index (χ3n) is 3.42. The highest BCUT2D eigenvalue weighted by molar-refractivity contribution is 8.00. The van der Waals surface area contributed by atoms with Gasteiger partial charge >= 0.3 is 5.51 Å². The molecule has 0 aromatic heterocycles. The summed E-state index contributed by atoms with van der Waals surface area (Å²) in [4.78, 5) is 25.6. The van der Waals surface area contributed by atoms with Gasteiger partial charge in [0.2, 0.25) is 5.91 Å². The third kappa shape index (κ3) is 6.52. The number of thioether (sulfide) groups is 1. The van der Waals surface area contributed by atoms with Crippen molar-refractivity contribution in [2.75, 3.05) is 26.0 Å². The first-order valence-electron chi connectivity index (χ1n) is 7.73. The number of hydrogen-bond acceptors (Lipinski definition) is 4. The summed E-state index contributed by atoms with van der Waals surface area (Å²) < 4.78 is 42.1. The van der Waals surface area contributed by atoms with E-state index in [1.807, 2.05) is 0 Å². The summed E-state index contributed by atoms with van der Waals surface area (Å²) in [6, 6.07) is 11.8. The Morgan fingerprint density at radius 1 is 1.15 bits per heavy atom. The molecular formula is C18H17F3N2O3S. The highest BCUT2D eigenvalue weighted by Crippen LogP contribution is 2.36. The monoisotopic (exact) mass is 398 g/mol. The quantitative estimate of drug-likeness (QED) is 0.747. The van der Waals surface area contributed by atoms with Crippen LogP contribution in [0.2, 0.25) is 0 Å². The van der Waals surface area contributed by atoms with Crippen LogP contribution >= 0.6 is 11.8 Å². The van der Waals surface area contributed by atoms with E-state index in [4.69, 9.17) is 4.74 Å². The lowest BCUT2D eigenvalue weighted by atomic mass is 10.2. The van der Waals surface area contributed by atoms with Crippen LogP contribution in [0.1, 0.15) is 10.4 Å². The predicted octanol–water partition coefficient (Wildman–Crippen LogP) is 4.02. The average Bonchev–Trinajstić information content (AvgIpc) is 2.60. The van der Waals surface area contributed by atoms with Gasteiger partial charge < -0.3 is 15.0 Å². The van der Waals surface area contributed by atoms with E-state index in [0.29, 0.717) is 11.4 Å². The number of methoxy groups -OCH3 is 1. The van der Waals surface area contributed by atoms with Gasteiger partial charge in [-0.2, -0.15) is 13.2 Å². The van der Waals surface area contributed by atoms with Crippen LogP contribution in [0.4, 0.5) is 18.9 Å². The number of anilines is 1. The maximum absolute atomic E-state index is 12.3. The molecule has 0 spiro atoms. The Balaban J connectivity index is 1.95. The van der Waals surface area contributed by atoms with Gasteiger partial charge in [-0.15, -0.1) is 0 Å². The number of alkyl halides is 3. The molecule has 0 saturated heterocycles. The lowest BCUT2D eigenvalue weighted by Gasteiger charge is -2.17. The lowest BCUT2D eigenvalue weighted by Crippen LogP contribution is -2.34. The normalized spacial score (nSPS) is 11.0. The van der Waals surface area contributed by atoms with Crippen LogP contribution in [0.5, 0.6) is 5.75 Å². The number of hydrogen-bond donors (Lipinski definition) is 1. The number of carbonyl (C=O) groups is 2. The smallest absolute Gasteiger partial charge is 0.446 e. The number of amides is 2. The van der Waals surface area contributed by atoms with E-state index >= 15 is 0 Å². The summed E-state index contributed by atoms with van der Waals surface area (Å²) in [7, 11) is 2.94. The van der Waals surface area contributed by atoms with Gasteiger partial charge in [-0.05, 0) is 48.2 Å². The van der Waals surface area contributed by atoms with E-state index in [-0.39, 0.29) is 28.8 Å². The van der Waals surface area contributed by atoms with Crippen molar-refractivity contribution >= 4 is 29.3 Å². The second kappa shape index (κ2) is 8.81. The van der Waals surface area contributed by atoms with Gasteiger partial charge in [0.05, 0.1) is 13.7 Å². The Hall–Kier alpha value is -2.68. The van der Waals surface area contributed by atoms with Crippen LogP contribution in [-0.4, -0.2) is 42.9 Å². The first kappa shape index (κ1) is 20.6. The molecular weight excluding hydrogens is 381 g/mol. The number of rotatable bonds is 6. The van der Waals surface area contributed by atoms with E-state index in [0.717, 1.165) is 0 Å². The van der Waals surface area contributed by atoms with Gasteiger partial charge in [-0.3, -0.25) is 9.59 Å². The van der Waals surface area contributed by atoms with Crippen LogP contribution < -0.4 is 10.1 Å². The predicted molar refractivity (Wildman–Crippen MR) is 96.9 cm³/mol. The van der Waals surface area contributed by atoms with Crippen molar-refractivity contribution in [3.8, 4) is 5.75 Å². The van der Waals surface area contributed by atoms with Crippen molar-refractivity contribution in [3.63, 3.8) is 0 Å². The Bertz CT molecular complexity index is 810. The van der Waals surface area contributed by atoms with Crippen LogP contribution in [0.25, 0.3) is 0 Å². The Morgan fingerprint density at radius 2 is 1.81 bits per heavy atom. The molecule has 9 heteroatoms. The molecule has 2 aromatic rings. The number of benzene rings is 2. The number of halogens is 3. The Labute approximate surface area is 158 Å². The summed E-state index contributed by atoms with van der Waals surface area (Å²) in [5.41, 5.74) is -3.67. The molecule has 0 aliphatic heterocycles. The minimum Gasteiger partial charge on any atom is -0.497 e. The van der Waals surface area contributed by atoms with Crippen LogP contribution in [-0.2, 0) is 4.79 Å². The summed E-state index contributed by atoms with van der Waals surface area (Å²) in [6.45, 7) is -0.213. The molecule has 0 bridgehead atoms. The lowest BCUT2D eigenvalue weighted by molar-refractivity contribution is -0.116. The molecule has 0 saturated carbocycles. The van der Waals surface area contributed by atoms with Crippen LogP contribution in [0, 0.1) is 0 Å². The summed E-state index contributed by atoms with van der Waals surface area (Å²) >= 11 is -0.255. The van der Waals surface area contributed by atoms with Gasteiger partial charge in [0.15, 0.2) is 0 Å². The van der Waals surface area contributed by atoms with Gasteiger partial charge in [0.1, 0.15) is 5.75 Å². The SMILES string of the molecule is COc1cccc(NC(=O)CN(C)C(=O)c2ccc(SC(F)(F)F)cc2)c1. The fourth-order valence-electron chi connectivity index (χ4n) is 2.21. The highest BCUT2D eigenvalue weighted by atomic mass is 32.2. The van der Waals surface area contributed by atoms with Crippen molar-refractivity contribution in [1.82, 2.24) is 4.90 Å². The minimum atomic E-state index is -4.39. The fourth-order valence-corrected chi connectivity index (χ4v) is 2.75. The van der Waals surface area contributed by atoms with E-state index in [1.54, 1.807) is 24.3 Å². The summed E-state index contributed by atoms with van der Waals surface area (Å²) in [6.07, 6.45) is 0. The Kier molecular flexibility index (Phi) is 6.73. The first-order chi connectivity index (χ1) is 12.7. The number of carbonyl (C=O) groups excluding carboxylic acids is 2. The maximum Gasteiger partial charge on any atom is 0.446 e. The average molecular weight is 398 g/mol. The van der Waals surface area contributed by atoms with Crippen LogP contribution in [0.15, 0.2) is 53.4 Å². The largest absolute Gasteiger partial charge is 0.497 e. The topological polar surface area (TPSA) is 58.6 Å². The zero-order chi connectivity index (χ0) is 20.0. The molecule has 144 valence electrons. The number of nitrogens with zero attached hydrogens (tertiary/aromatic N) is 1. The van der Waals surface area contributed by atoms with E-state index in [9.17, 15) is 22.8 Å². The molecule has 5 nitrogen and oxygen atoms in total. The molecule has 0 fully saturated rings. The third-order valence-corrected chi connectivity index (χ3v) is 4.16. The molecule has 0 radical (unpaired) electrons. The van der Waals surface area contributed by atoms with Crippen LogP contribution in [0.3, 0.4) is 0 Å². The second-order valence-electron chi connectivity index (χ2n) is 5.51. The van der Waals surface area contributed by atoms with Crippen molar-refractivity contribution in [2.24, 2.45) is 0 Å². The van der Waals surface area contributed by atoms with Gasteiger partial charge in [-0.1, -0.05) is 6.07 Å². The summed E-state index contributed by atoms with van der Waals surface area (Å²) in [5, 5.41) is 2.65. The van der Waals surface area contributed by atoms with Crippen molar-refractivity contribution in [2.45, 2.75) is 10.4 Å². The molecule has 2 amide bonds. The van der Waals surface area contributed by atoms with Gasteiger partial charge in [0, 0.05) is 29.3 Å². The van der Waals surface area contributed by atoms with E-state index < -0.39 is 17.3 Å². The molecule has 0 heterocycles. The molecule has 0 unspecified atom stereocenters. The maximum atomic E-state index is 12.3. The second-order valence-corrected chi connectivity index (χ2v) is 6.65. The number of nitrogens with one attached hydrogen (secondary N) is 1. The fraction of sp³-hybridized carbons (Fsp3) is 0.222. The van der Waals surface area contributed by atoms with Gasteiger partial charge in [0.25, 0.3) is 5.91 Å². The molecule has 27 heavy (non-hydrogen) atoms. The molecule has 0 aliphatic carbocycles. The molecule has 2 aromatic carbocycles. The molecule has 1 N–H and O–H groups in total. The minimum absolute atomic E-state index is 0.0162. The van der Waals surface area contributed by atoms with E-state index in [2.05, 4.69) is 5.32 Å². The molecule has 2 rings (SSSR count). The van der Waals surface area contributed by atoms with E-state index in [1.165, 1.54) is 43.3 Å². The van der Waals surface area contributed by atoms with Crippen molar-refractivity contribution in [3.05, 3.63) is 54.1 Å². The number of likely N-dealkylation sites (N-methyl/N-ethyl adjacent to an activating group) is 1. The summed E-state index contributed by atoms with van der Waals surface area (Å²) in [5.74, 6) is -0.309. The Morgan fingerprint density at radius 3 is 2.41 bits per heavy atom. The first-order valence-corrected chi connectivity index (χ1v) is 8.55. The molecule has 0 atom stereocenters. The highest BCUT2D eigenvalue weighted by Gasteiger charge is 2.29. The standard InChI is InChI=1S/C18H17F3N2O3S/c1-23(11-16(24)22-13-4-3-5-14(10-13)26-2)17(25)12-6-8-15(9-7-12)27-18(19,20)21/h3-10H,11H2,1-2H3,(H,22,24).